The number of rotatable bonds is 12. The van der Waals surface area contributed by atoms with Crippen molar-refractivity contribution in [1.82, 2.24) is 10.2 Å². The first-order valence-corrected chi connectivity index (χ1v) is 14.8. The van der Waals surface area contributed by atoms with Gasteiger partial charge in [-0.1, -0.05) is 60.1 Å². The lowest BCUT2D eigenvalue weighted by molar-refractivity contribution is -0.0583. The Morgan fingerprint density at radius 1 is 1.10 bits per heavy atom. The van der Waals surface area contributed by atoms with Gasteiger partial charge in [-0.2, -0.15) is 0 Å². The summed E-state index contributed by atoms with van der Waals surface area (Å²) in [6.07, 6.45) is 4.61. The molecule has 214 valence electrons. The first kappa shape index (κ1) is 30.3. The monoisotopic (exact) mass is 562 g/mol. The summed E-state index contributed by atoms with van der Waals surface area (Å²) in [5.74, 6) is -0.0842. The predicted molar refractivity (Wildman–Crippen MR) is 163 cm³/mol. The van der Waals surface area contributed by atoms with Gasteiger partial charge in [0.05, 0.1) is 5.60 Å². The molecule has 0 aliphatic carbocycles. The molecule has 2 atom stereocenters. The first-order chi connectivity index (χ1) is 19.4. The molecule has 40 heavy (non-hydrogen) atoms. The van der Waals surface area contributed by atoms with Gasteiger partial charge in [0.15, 0.2) is 0 Å². The van der Waals surface area contributed by atoms with Gasteiger partial charge in [-0.3, -0.25) is 4.79 Å². The van der Waals surface area contributed by atoms with Crippen LogP contribution in [-0.2, 0) is 23.3 Å². The van der Waals surface area contributed by atoms with E-state index in [2.05, 4.69) is 24.4 Å². The fourth-order valence-electron chi connectivity index (χ4n) is 6.05. The minimum Gasteiger partial charge on any atom is -0.385 e. The van der Waals surface area contributed by atoms with Gasteiger partial charge in [0.1, 0.15) is 0 Å². The number of amides is 1. The average molecular weight is 563 g/mol. The summed E-state index contributed by atoms with van der Waals surface area (Å²) < 4.78 is 5.30. The maximum atomic E-state index is 13.6. The number of nitrogens with zero attached hydrogens (tertiary/aromatic N) is 1. The summed E-state index contributed by atoms with van der Waals surface area (Å²) >= 11 is 6.85. The Morgan fingerprint density at radius 3 is 2.60 bits per heavy atom. The molecule has 1 unspecified atom stereocenters. The predicted octanol–water partition coefficient (Wildman–Crippen LogP) is 6.52. The number of halogens is 1. The zero-order valence-corrected chi connectivity index (χ0v) is 24.8. The second kappa shape index (κ2) is 14.3. The fraction of sp³-hybridized carbons (Fsp3) is 0.441. The van der Waals surface area contributed by atoms with Gasteiger partial charge in [-0.25, -0.2) is 0 Å². The number of nitrogens with one attached hydrogen (secondary N) is 1. The molecular formula is C34H43ClN2O3. The van der Waals surface area contributed by atoms with Gasteiger partial charge in [-0.05, 0) is 98.5 Å². The molecule has 1 fully saturated rings. The molecule has 4 rings (SSSR count). The number of methoxy groups -OCH3 is 1. The first-order valence-electron chi connectivity index (χ1n) is 14.4. The maximum Gasteiger partial charge on any atom is 0.253 e. The lowest BCUT2D eigenvalue weighted by Crippen LogP contribution is -2.48. The number of benzene rings is 3. The van der Waals surface area contributed by atoms with Crippen molar-refractivity contribution in [3.63, 3.8) is 0 Å². The fourth-order valence-corrected chi connectivity index (χ4v) is 6.29. The van der Waals surface area contributed by atoms with E-state index in [4.69, 9.17) is 16.3 Å². The molecule has 1 heterocycles. The lowest BCUT2D eigenvalue weighted by atomic mass is 9.72. The molecule has 1 saturated heterocycles. The molecule has 5 nitrogen and oxygen atoms in total. The highest BCUT2D eigenvalue weighted by Gasteiger charge is 2.42. The third-order valence-electron chi connectivity index (χ3n) is 8.34. The highest BCUT2D eigenvalue weighted by Crippen LogP contribution is 2.43. The molecule has 0 saturated carbocycles. The normalized spacial score (nSPS) is 17.0. The van der Waals surface area contributed by atoms with Crippen molar-refractivity contribution in [2.24, 2.45) is 5.92 Å². The molecule has 3 aromatic carbocycles. The van der Waals surface area contributed by atoms with Crippen LogP contribution in [0.4, 0.5) is 0 Å². The second-order valence-electron chi connectivity index (χ2n) is 11.1. The van der Waals surface area contributed by atoms with Crippen molar-refractivity contribution >= 4 is 17.5 Å². The van der Waals surface area contributed by atoms with Crippen LogP contribution in [0.2, 0.25) is 5.02 Å². The Hall–Kier alpha value is -2.70. The van der Waals surface area contributed by atoms with Crippen LogP contribution in [0.15, 0.2) is 66.7 Å². The van der Waals surface area contributed by atoms with E-state index in [0.29, 0.717) is 43.1 Å². The van der Waals surface area contributed by atoms with E-state index in [1.54, 1.807) is 7.11 Å². The Morgan fingerprint density at radius 2 is 1.88 bits per heavy atom. The molecule has 0 aromatic heterocycles. The minimum absolute atomic E-state index is 0.0219. The third kappa shape index (κ3) is 7.13. The number of aliphatic hydroxyl groups is 1. The maximum absolute atomic E-state index is 13.6. The number of carbonyl (C=O) groups is 1. The largest absolute Gasteiger partial charge is 0.385 e. The third-order valence-corrected chi connectivity index (χ3v) is 8.69. The zero-order chi connectivity index (χ0) is 28.5. The Bertz CT molecular complexity index is 1260. The van der Waals surface area contributed by atoms with Crippen LogP contribution in [0.3, 0.4) is 0 Å². The number of aryl methyl sites for hydroxylation is 1. The van der Waals surface area contributed by atoms with Crippen molar-refractivity contribution in [1.29, 1.82) is 0 Å². The number of likely N-dealkylation sites (tertiary alicyclic amines) is 1. The number of carbonyl (C=O) groups excluding carboxylic acids is 1. The van der Waals surface area contributed by atoms with Gasteiger partial charge in [0, 0.05) is 49.9 Å². The Labute approximate surface area is 244 Å². The summed E-state index contributed by atoms with van der Waals surface area (Å²) in [5, 5.41) is 16.5. The topological polar surface area (TPSA) is 61.8 Å². The number of hydrogen-bond acceptors (Lipinski definition) is 4. The molecule has 0 bridgehead atoms. The van der Waals surface area contributed by atoms with E-state index >= 15 is 0 Å². The highest BCUT2D eigenvalue weighted by molar-refractivity contribution is 6.31. The minimum atomic E-state index is -1.12. The lowest BCUT2D eigenvalue weighted by Gasteiger charge is -2.44. The van der Waals surface area contributed by atoms with Crippen molar-refractivity contribution in [2.75, 3.05) is 33.9 Å². The molecular weight excluding hydrogens is 520 g/mol. The summed E-state index contributed by atoms with van der Waals surface area (Å²) in [6, 6.07) is 22.0. The van der Waals surface area contributed by atoms with E-state index in [-0.39, 0.29) is 11.8 Å². The smallest absolute Gasteiger partial charge is 0.253 e. The quantitative estimate of drug-likeness (QED) is 0.247. The van der Waals surface area contributed by atoms with Crippen molar-refractivity contribution in [3.05, 3.63) is 105 Å². The SMILES string of the molecule is CNCc1ccc(C(=O)N2CCC[C@H](C(O)(CCCCOC)c3cccc(Cl)c3Cc3ccccc3C)C2)cc1. The summed E-state index contributed by atoms with van der Waals surface area (Å²) in [7, 11) is 3.62. The Kier molecular flexibility index (Phi) is 10.8. The summed E-state index contributed by atoms with van der Waals surface area (Å²) in [6.45, 7) is 4.73. The molecule has 2 N–H and O–H groups in total. The van der Waals surface area contributed by atoms with Gasteiger partial charge < -0.3 is 20.1 Å². The summed E-state index contributed by atoms with van der Waals surface area (Å²) in [4.78, 5) is 15.5. The van der Waals surface area contributed by atoms with Crippen LogP contribution in [0.5, 0.6) is 0 Å². The zero-order valence-electron chi connectivity index (χ0n) is 24.1. The second-order valence-corrected chi connectivity index (χ2v) is 11.5. The molecule has 6 heteroatoms. The molecule has 1 amide bonds. The highest BCUT2D eigenvalue weighted by atomic mass is 35.5. The van der Waals surface area contributed by atoms with E-state index in [0.717, 1.165) is 48.9 Å². The average Bonchev–Trinajstić information content (AvgIpc) is 2.97. The van der Waals surface area contributed by atoms with E-state index in [9.17, 15) is 9.90 Å². The van der Waals surface area contributed by atoms with E-state index in [1.807, 2.05) is 66.5 Å². The van der Waals surface area contributed by atoms with Crippen LogP contribution in [0, 0.1) is 12.8 Å². The number of ether oxygens (including phenoxy) is 1. The molecule has 0 spiro atoms. The number of hydrogen-bond donors (Lipinski definition) is 2. The van der Waals surface area contributed by atoms with Gasteiger partial charge in [0.25, 0.3) is 5.91 Å². The van der Waals surface area contributed by atoms with Gasteiger partial charge in [-0.15, -0.1) is 0 Å². The molecule has 0 radical (unpaired) electrons. The molecule has 3 aromatic rings. The molecule has 1 aliphatic heterocycles. The van der Waals surface area contributed by atoms with Crippen LogP contribution >= 0.6 is 11.6 Å². The van der Waals surface area contributed by atoms with E-state index in [1.165, 1.54) is 11.1 Å². The van der Waals surface area contributed by atoms with Crippen molar-refractivity contribution in [2.45, 2.75) is 57.6 Å². The Balaban J connectivity index is 1.65. The summed E-state index contributed by atoms with van der Waals surface area (Å²) in [5.41, 5.74) is 4.96. The standard InChI is InChI=1S/C34H43ClN2O3/c1-25-10-4-5-11-28(25)22-30-31(13-8-14-32(30)35)34(39,19-6-7-21-40-3)29-12-9-20-37(24-29)33(38)27-17-15-26(16-18-27)23-36-2/h4-5,8,10-11,13-18,29,36,39H,6-7,9,12,19-24H2,1-3H3/t29-,34?/m0/s1. The van der Waals surface area contributed by atoms with Crippen LogP contribution in [0.25, 0.3) is 0 Å². The van der Waals surface area contributed by atoms with Crippen molar-refractivity contribution < 1.29 is 14.6 Å². The van der Waals surface area contributed by atoms with Gasteiger partial charge in [0.2, 0.25) is 0 Å². The van der Waals surface area contributed by atoms with Crippen LogP contribution in [-0.4, -0.2) is 49.8 Å². The number of unbranched alkanes of at least 4 members (excludes halogenated alkanes) is 1. The number of piperidine rings is 1. The van der Waals surface area contributed by atoms with Crippen molar-refractivity contribution in [3.8, 4) is 0 Å². The molecule has 1 aliphatic rings. The van der Waals surface area contributed by atoms with E-state index < -0.39 is 5.60 Å². The van der Waals surface area contributed by atoms with Gasteiger partial charge >= 0.3 is 0 Å². The van der Waals surface area contributed by atoms with Crippen LogP contribution < -0.4 is 5.32 Å². The van der Waals surface area contributed by atoms with Crippen LogP contribution in [0.1, 0.15) is 70.3 Å².